The van der Waals surface area contributed by atoms with E-state index in [1.165, 1.54) is 0 Å². The summed E-state index contributed by atoms with van der Waals surface area (Å²) in [4.78, 5) is 0. The van der Waals surface area contributed by atoms with E-state index >= 15 is 0 Å². The molecule has 0 spiro atoms. The molecule has 0 rings (SSSR count). The van der Waals surface area contributed by atoms with Gasteiger partial charge < -0.3 is 14.9 Å². The Morgan fingerprint density at radius 1 is 1.38 bits per heavy atom. The fourth-order valence-electron chi connectivity index (χ4n) is 1.01. The zero-order valence-electron chi connectivity index (χ0n) is 8.66. The van der Waals surface area contributed by atoms with Crippen LogP contribution in [-0.4, -0.2) is 42.8 Å². The molecule has 0 aromatic rings. The summed E-state index contributed by atoms with van der Waals surface area (Å²) < 4.78 is 17.0. The van der Waals surface area contributed by atoms with Gasteiger partial charge in [0.2, 0.25) is 0 Å². The van der Waals surface area contributed by atoms with Crippen LogP contribution in [0.25, 0.3) is 0 Å². The van der Waals surface area contributed by atoms with Crippen LogP contribution in [0.3, 0.4) is 0 Å². The lowest BCUT2D eigenvalue weighted by Gasteiger charge is -2.16. The molecule has 2 N–H and O–H groups in total. The Bertz CT molecular complexity index is 82.9. The van der Waals surface area contributed by atoms with Crippen LogP contribution in [0, 0.1) is 0 Å². The molecule has 0 aromatic heterocycles. The predicted molar refractivity (Wildman–Crippen MR) is 50.4 cm³/mol. The van der Waals surface area contributed by atoms with E-state index in [0.717, 1.165) is 7.11 Å². The van der Waals surface area contributed by atoms with E-state index in [4.69, 9.17) is 14.9 Å². The minimum Gasteiger partial charge on any atom is -0.400 e. The van der Waals surface area contributed by atoms with Gasteiger partial charge in [0, 0.05) is 20.1 Å². The van der Waals surface area contributed by atoms with Crippen LogP contribution in [0.4, 0.5) is 4.39 Å². The zero-order valence-corrected chi connectivity index (χ0v) is 8.66. The number of halogens is 1. The van der Waals surface area contributed by atoms with Crippen LogP contribution < -0.4 is 0 Å². The molecular weight excluding hydrogens is 175 g/mol. The molecule has 0 heterocycles. The summed E-state index contributed by atoms with van der Waals surface area (Å²) >= 11 is 0. The van der Waals surface area contributed by atoms with Crippen molar-refractivity contribution in [3.63, 3.8) is 0 Å². The maximum Gasteiger partial charge on any atom is 0.0919 e. The van der Waals surface area contributed by atoms with Gasteiger partial charge in [-0.05, 0) is 20.3 Å². The molecule has 0 aromatic carbocycles. The van der Waals surface area contributed by atoms with Gasteiger partial charge in [0.05, 0.1) is 18.9 Å². The van der Waals surface area contributed by atoms with Gasteiger partial charge in [-0.1, -0.05) is 0 Å². The lowest BCUT2D eigenvalue weighted by Crippen LogP contribution is -2.19. The van der Waals surface area contributed by atoms with Crippen molar-refractivity contribution in [1.29, 1.82) is 0 Å². The van der Waals surface area contributed by atoms with Crippen molar-refractivity contribution >= 4 is 0 Å². The van der Waals surface area contributed by atoms with Crippen molar-refractivity contribution in [3.8, 4) is 0 Å². The number of hydrogen-bond acceptors (Lipinski definition) is 3. The highest BCUT2D eigenvalue weighted by Crippen LogP contribution is 2.07. The van der Waals surface area contributed by atoms with Crippen molar-refractivity contribution in [1.82, 2.24) is 0 Å². The highest BCUT2D eigenvalue weighted by Gasteiger charge is 2.10. The quantitative estimate of drug-likeness (QED) is 0.669. The van der Waals surface area contributed by atoms with Crippen LogP contribution in [0.15, 0.2) is 0 Å². The second kappa shape index (κ2) is 11.8. The van der Waals surface area contributed by atoms with Gasteiger partial charge in [-0.2, -0.15) is 0 Å². The van der Waals surface area contributed by atoms with E-state index in [0.29, 0.717) is 19.4 Å². The first-order valence-corrected chi connectivity index (χ1v) is 4.51. The van der Waals surface area contributed by atoms with Gasteiger partial charge >= 0.3 is 0 Å². The highest BCUT2D eigenvalue weighted by atomic mass is 19.1. The first-order valence-electron chi connectivity index (χ1n) is 4.51. The molecule has 0 saturated heterocycles. The van der Waals surface area contributed by atoms with Gasteiger partial charge in [-0.3, -0.25) is 4.39 Å². The largest absolute Gasteiger partial charge is 0.400 e. The second-order valence-corrected chi connectivity index (χ2v) is 2.64. The molecule has 0 aliphatic heterocycles. The average molecular weight is 196 g/mol. The van der Waals surface area contributed by atoms with Crippen molar-refractivity contribution in [3.05, 3.63) is 0 Å². The van der Waals surface area contributed by atoms with E-state index in [9.17, 15) is 4.39 Å². The predicted octanol–water partition coefficient (Wildman–Crippen LogP) is 1.13. The normalized spacial score (nSPS) is 14.3. The summed E-state index contributed by atoms with van der Waals surface area (Å²) in [6, 6.07) is 0. The number of ether oxygens (including phenoxy) is 1. The maximum atomic E-state index is 11.9. The maximum absolute atomic E-state index is 11.9. The zero-order chi connectivity index (χ0) is 10.7. The topological polar surface area (TPSA) is 49.7 Å². The van der Waals surface area contributed by atoms with E-state index < -0.39 is 6.10 Å². The molecule has 3 nitrogen and oxygen atoms in total. The summed E-state index contributed by atoms with van der Waals surface area (Å²) in [5, 5.41) is 16.0. The van der Waals surface area contributed by atoms with Gasteiger partial charge in [0.1, 0.15) is 0 Å². The molecular formula is C9H21FO3. The van der Waals surface area contributed by atoms with E-state index in [1.807, 2.05) is 6.92 Å². The van der Waals surface area contributed by atoms with Gasteiger partial charge in [0.25, 0.3) is 0 Å². The smallest absolute Gasteiger partial charge is 0.0919 e. The number of aliphatic hydroxyl groups is 2. The monoisotopic (exact) mass is 196 g/mol. The molecule has 4 heteroatoms. The molecule has 0 fully saturated rings. The standard InChI is InChI=1S/C8H17FO2.CH4O/c1-3-11-8(4-5-9)6-7(2)10;1-2/h7-8,10H,3-6H2,1-2H3;2H,1H3. The van der Waals surface area contributed by atoms with Crippen LogP contribution >= 0.6 is 0 Å². The van der Waals surface area contributed by atoms with Gasteiger partial charge in [-0.25, -0.2) is 0 Å². The Balaban J connectivity index is 0. The van der Waals surface area contributed by atoms with Crippen molar-refractivity contribution < 1.29 is 19.3 Å². The highest BCUT2D eigenvalue weighted by molar-refractivity contribution is 4.61. The minimum atomic E-state index is -0.405. The van der Waals surface area contributed by atoms with Crippen LogP contribution in [0.2, 0.25) is 0 Å². The molecule has 2 atom stereocenters. The summed E-state index contributed by atoms with van der Waals surface area (Å²) in [6.45, 7) is 3.76. The fourth-order valence-corrected chi connectivity index (χ4v) is 1.01. The summed E-state index contributed by atoms with van der Waals surface area (Å²) in [5.41, 5.74) is 0. The SMILES string of the molecule is CCOC(CCF)CC(C)O.CO. The number of alkyl halides is 1. The summed E-state index contributed by atoms with van der Waals surface area (Å²) in [6.07, 6.45) is 0.388. The third kappa shape index (κ3) is 11.8. The number of rotatable bonds is 6. The second-order valence-electron chi connectivity index (χ2n) is 2.64. The molecule has 0 bridgehead atoms. The Morgan fingerprint density at radius 3 is 2.23 bits per heavy atom. The third-order valence-corrected chi connectivity index (χ3v) is 1.44. The first kappa shape index (κ1) is 15.3. The van der Waals surface area contributed by atoms with Crippen LogP contribution in [0.1, 0.15) is 26.7 Å². The Morgan fingerprint density at radius 2 is 1.92 bits per heavy atom. The molecule has 0 aliphatic rings. The summed E-state index contributed by atoms with van der Waals surface area (Å²) in [7, 11) is 1.00. The first-order chi connectivity index (χ1) is 6.20. The fraction of sp³-hybridized carbons (Fsp3) is 1.00. The molecule has 0 saturated carbocycles. The molecule has 13 heavy (non-hydrogen) atoms. The van der Waals surface area contributed by atoms with Crippen LogP contribution in [0.5, 0.6) is 0 Å². The molecule has 0 aliphatic carbocycles. The molecule has 82 valence electrons. The minimum absolute atomic E-state index is 0.120. The number of hydrogen-bond donors (Lipinski definition) is 2. The molecule has 0 radical (unpaired) electrons. The van der Waals surface area contributed by atoms with Crippen molar-refractivity contribution in [2.24, 2.45) is 0 Å². The summed E-state index contributed by atoms with van der Waals surface area (Å²) in [5.74, 6) is 0. The van der Waals surface area contributed by atoms with E-state index in [2.05, 4.69) is 0 Å². The van der Waals surface area contributed by atoms with Gasteiger partial charge in [0.15, 0.2) is 0 Å². The lowest BCUT2D eigenvalue weighted by molar-refractivity contribution is 0.0166. The average Bonchev–Trinajstić information content (AvgIpc) is 2.08. The van der Waals surface area contributed by atoms with E-state index in [-0.39, 0.29) is 12.8 Å². The van der Waals surface area contributed by atoms with Crippen molar-refractivity contribution in [2.75, 3.05) is 20.4 Å². The molecule has 2 unspecified atom stereocenters. The Labute approximate surface area is 79.5 Å². The number of aliphatic hydroxyl groups excluding tert-OH is 2. The van der Waals surface area contributed by atoms with Gasteiger partial charge in [-0.15, -0.1) is 0 Å². The Hall–Kier alpha value is -0.190. The lowest BCUT2D eigenvalue weighted by atomic mass is 10.1. The van der Waals surface area contributed by atoms with Crippen molar-refractivity contribution in [2.45, 2.75) is 38.9 Å². The van der Waals surface area contributed by atoms with Crippen LogP contribution in [-0.2, 0) is 4.74 Å². The third-order valence-electron chi connectivity index (χ3n) is 1.44. The van der Waals surface area contributed by atoms with E-state index in [1.54, 1.807) is 6.92 Å². The Kier molecular flexibility index (Phi) is 13.9. The molecule has 0 amide bonds.